The molecule has 0 saturated heterocycles. The number of hydrogen-bond donors (Lipinski definition) is 2. The Bertz CT molecular complexity index is 970. The molecule has 5 nitrogen and oxygen atoms in total. The summed E-state index contributed by atoms with van der Waals surface area (Å²) in [6.45, 7) is 0.0331. The van der Waals surface area contributed by atoms with Crippen LogP contribution in [0.4, 0.5) is 4.39 Å². The molecule has 0 radical (unpaired) electrons. The first-order chi connectivity index (χ1) is 12.4. The van der Waals surface area contributed by atoms with Crippen molar-refractivity contribution in [1.29, 1.82) is 0 Å². The minimum atomic E-state index is -1.07. The molecule has 0 aliphatic heterocycles. The molecular formula is C19H16BrFN2O3. The highest BCUT2D eigenvalue weighted by atomic mass is 79.9. The zero-order chi connectivity index (χ0) is 18.7. The number of carboxylic acid groups (broad SMARTS) is 1. The van der Waals surface area contributed by atoms with Crippen molar-refractivity contribution in [3.63, 3.8) is 0 Å². The maximum Gasteiger partial charge on any atom is 0.305 e. The average Bonchev–Trinajstić information content (AvgIpc) is 2.96. The number of carbonyl (C=O) groups is 2. The first-order valence-corrected chi connectivity index (χ1v) is 8.72. The van der Waals surface area contributed by atoms with Crippen LogP contribution in [0.3, 0.4) is 0 Å². The van der Waals surface area contributed by atoms with Crippen LogP contribution in [0.25, 0.3) is 10.9 Å². The summed E-state index contributed by atoms with van der Waals surface area (Å²) in [4.78, 5) is 23.6. The van der Waals surface area contributed by atoms with Crippen molar-refractivity contribution in [3.05, 3.63) is 70.6 Å². The first-order valence-electron chi connectivity index (χ1n) is 7.93. The number of benzene rings is 2. The van der Waals surface area contributed by atoms with Gasteiger partial charge in [0, 0.05) is 16.2 Å². The number of amides is 1. The Morgan fingerprint density at radius 3 is 2.73 bits per heavy atom. The normalized spacial score (nSPS) is 12.1. The van der Waals surface area contributed by atoms with Crippen LogP contribution in [0.5, 0.6) is 0 Å². The molecule has 3 aromatic rings. The van der Waals surface area contributed by atoms with Crippen LogP contribution in [0.15, 0.2) is 59.2 Å². The van der Waals surface area contributed by atoms with Crippen LogP contribution in [0.2, 0.25) is 0 Å². The van der Waals surface area contributed by atoms with Crippen LogP contribution in [-0.4, -0.2) is 21.6 Å². The molecule has 0 fully saturated rings. The highest BCUT2D eigenvalue weighted by Gasteiger charge is 2.19. The third kappa shape index (κ3) is 4.29. The number of hydrogen-bond acceptors (Lipinski definition) is 2. The summed E-state index contributed by atoms with van der Waals surface area (Å²) in [6.07, 6.45) is 1.47. The molecule has 1 heterocycles. The van der Waals surface area contributed by atoms with Crippen molar-refractivity contribution in [2.45, 2.75) is 19.0 Å². The predicted molar refractivity (Wildman–Crippen MR) is 99.2 cm³/mol. The van der Waals surface area contributed by atoms with Gasteiger partial charge in [0.2, 0.25) is 5.91 Å². The number of nitrogens with one attached hydrogen (secondary N) is 1. The SMILES string of the molecule is O=C(O)CC(NC(=O)Cn1ccc2ccc(Br)cc21)c1cccc(F)c1. The quantitative estimate of drug-likeness (QED) is 0.637. The number of aliphatic carboxylic acids is 1. The largest absolute Gasteiger partial charge is 0.481 e. The van der Waals surface area contributed by atoms with E-state index in [4.69, 9.17) is 5.11 Å². The number of rotatable bonds is 6. The molecule has 2 aromatic carbocycles. The predicted octanol–water partition coefficient (Wildman–Crippen LogP) is 3.88. The van der Waals surface area contributed by atoms with E-state index in [0.717, 1.165) is 15.4 Å². The highest BCUT2D eigenvalue weighted by molar-refractivity contribution is 9.10. The zero-order valence-electron chi connectivity index (χ0n) is 13.7. The fourth-order valence-electron chi connectivity index (χ4n) is 2.84. The van der Waals surface area contributed by atoms with Crippen molar-refractivity contribution in [3.8, 4) is 0 Å². The summed E-state index contributed by atoms with van der Waals surface area (Å²) in [5.41, 5.74) is 1.30. The molecule has 0 aliphatic rings. The lowest BCUT2D eigenvalue weighted by Crippen LogP contribution is -2.32. The van der Waals surface area contributed by atoms with Crippen LogP contribution in [0, 0.1) is 5.82 Å². The van der Waals surface area contributed by atoms with Crippen molar-refractivity contribution in [2.75, 3.05) is 0 Å². The Hall–Kier alpha value is -2.67. The van der Waals surface area contributed by atoms with Gasteiger partial charge in [0.05, 0.1) is 12.5 Å². The molecule has 0 spiro atoms. The lowest BCUT2D eigenvalue weighted by molar-refractivity contribution is -0.137. The van der Waals surface area contributed by atoms with Crippen LogP contribution >= 0.6 is 15.9 Å². The second-order valence-corrected chi connectivity index (χ2v) is 6.84. The fourth-order valence-corrected chi connectivity index (χ4v) is 3.19. The lowest BCUT2D eigenvalue weighted by Gasteiger charge is -2.18. The second kappa shape index (κ2) is 7.70. The molecule has 26 heavy (non-hydrogen) atoms. The maximum atomic E-state index is 13.5. The van der Waals surface area contributed by atoms with Crippen molar-refractivity contribution >= 4 is 38.7 Å². The summed E-state index contributed by atoms with van der Waals surface area (Å²) >= 11 is 3.41. The Kier molecular flexibility index (Phi) is 5.37. The Morgan fingerprint density at radius 2 is 2.00 bits per heavy atom. The van der Waals surface area contributed by atoms with E-state index in [2.05, 4.69) is 21.2 Å². The molecule has 1 amide bonds. The lowest BCUT2D eigenvalue weighted by atomic mass is 10.0. The monoisotopic (exact) mass is 418 g/mol. The van der Waals surface area contributed by atoms with E-state index in [9.17, 15) is 14.0 Å². The van der Waals surface area contributed by atoms with Crippen LogP contribution in [-0.2, 0) is 16.1 Å². The highest BCUT2D eigenvalue weighted by Crippen LogP contribution is 2.22. The topological polar surface area (TPSA) is 71.3 Å². The van der Waals surface area contributed by atoms with Gasteiger partial charge in [0.15, 0.2) is 0 Å². The molecule has 1 unspecified atom stereocenters. The van der Waals surface area contributed by atoms with Gasteiger partial charge < -0.3 is 15.0 Å². The Balaban J connectivity index is 1.79. The van der Waals surface area contributed by atoms with E-state index < -0.39 is 17.8 Å². The minimum absolute atomic E-state index is 0.0331. The Morgan fingerprint density at radius 1 is 1.19 bits per heavy atom. The molecule has 0 aliphatic carbocycles. The van der Waals surface area contributed by atoms with Gasteiger partial charge in [-0.1, -0.05) is 34.1 Å². The van der Waals surface area contributed by atoms with Gasteiger partial charge in [-0.05, 0) is 41.3 Å². The fraction of sp³-hybridized carbons (Fsp3) is 0.158. The van der Waals surface area contributed by atoms with Gasteiger partial charge in [-0.2, -0.15) is 0 Å². The summed E-state index contributed by atoms with van der Waals surface area (Å²) in [6, 6.07) is 12.4. The van der Waals surface area contributed by atoms with Gasteiger partial charge in [0.25, 0.3) is 0 Å². The molecule has 1 atom stereocenters. The number of carbonyl (C=O) groups excluding carboxylic acids is 1. The van der Waals surface area contributed by atoms with E-state index in [0.29, 0.717) is 5.56 Å². The number of fused-ring (bicyclic) bond motifs is 1. The number of halogens is 2. The van der Waals surface area contributed by atoms with Gasteiger partial charge in [-0.3, -0.25) is 9.59 Å². The van der Waals surface area contributed by atoms with Crippen LogP contribution < -0.4 is 5.32 Å². The van der Waals surface area contributed by atoms with Gasteiger partial charge in [-0.15, -0.1) is 0 Å². The van der Waals surface area contributed by atoms with E-state index in [-0.39, 0.29) is 18.9 Å². The Labute approximate surface area is 157 Å². The van der Waals surface area contributed by atoms with E-state index >= 15 is 0 Å². The molecule has 0 saturated carbocycles. The summed E-state index contributed by atoms with van der Waals surface area (Å²) in [7, 11) is 0. The third-order valence-corrected chi connectivity index (χ3v) is 4.51. The number of carboxylic acids is 1. The van der Waals surface area contributed by atoms with Gasteiger partial charge in [0.1, 0.15) is 12.4 Å². The van der Waals surface area contributed by atoms with Crippen molar-refractivity contribution in [1.82, 2.24) is 9.88 Å². The smallest absolute Gasteiger partial charge is 0.305 e. The van der Waals surface area contributed by atoms with E-state index in [1.807, 2.05) is 24.3 Å². The molecule has 7 heteroatoms. The third-order valence-electron chi connectivity index (χ3n) is 4.01. The minimum Gasteiger partial charge on any atom is -0.481 e. The number of aromatic nitrogens is 1. The summed E-state index contributed by atoms with van der Waals surface area (Å²) < 4.78 is 16.1. The molecule has 3 rings (SSSR count). The first kappa shape index (κ1) is 18.1. The van der Waals surface area contributed by atoms with E-state index in [1.165, 1.54) is 18.2 Å². The molecule has 134 valence electrons. The van der Waals surface area contributed by atoms with Crippen molar-refractivity contribution in [2.24, 2.45) is 0 Å². The maximum absolute atomic E-state index is 13.5. The second-order valence-electron chi connectivity index (χ2n) is 5.92. The summed E-state index contributed by atoms with van der Waals surface area (Å²) in [5.74, 6) is -1.90. The van der Waals surface area contributed by atoms with Gasteiger partial charge in [-0.25, -0.2) is 4.39 Å². The van der Waals surface area contributed by atoms with Crippen LogP contribution in [0.1, 0.15) is 18.0 Å². The zero-order valence-corrected chi connectivity index (χ0v) is 15.2. The molecule has 1 aromatic heterocycles. The van der Waals surface area contributed by atoms with Gasteiger partial charge >= 0.3 is 5.97 Å². The van der Waals surface area contributed by atoms with E-state index in [1.54, 1.807) is 16.8 Å². The standard InChI is InChI=1S/C19H16BrFN2O3/c20-14-5-4-12-6-7-23(17(12)9-14)11-18(24)22-16(10-19(25)26)13-2-1-3-15(21)8-13/h1-9,16H,10-11H2,(H,22,24)(H,25,26). The number of nitrogens with zero attached hydrogens (tertiary/aromatic N) is 1. The van der Waals surface area contributed by atoms with Crippen molar-refractivity contribution < 1.29 is 19.1 Å². The summed E-state index contributed by atoms with van der Waals surface area (Å²) in [5, 5.41) is 12.8. The average molecular weight is 419 g/mol. The molecule has 2 N–H and O–H groups in total. The molecule has 0 bridgehead atoms. The molecular weight excluding hydrogens is 403 g/mol.